The Balaban J connectivity index is 3.39. The van der Waals surface area contributed by atoms with Crippen LogP contribution < -0.4 is 0 Å². The zero-order valence-corrected chi connectivity index (χ0v) is 10.1. The van der Waals surface area contributed by atoms with E-state index in [1.807, 2.05) is 6.92 Å². The van der Waals surface area contributed by atoms with Gasteiger partial charge in [-0.2, -0.15) is 0 Å². The van der Waals surface area contributed by atoms with E-state index < -0.39 is 4.92 Å². The highest BCUT2D eigenvalue weighted by Crippen LogP contribution is 2.33. The summed E-state index contributed by atoms with van der Waals surface area (Å²) in [6, 6.07) is 3.22. The van der Waals surface area contributed by atoms with Gasteiger partial charge in [0.15, 0.2) is 0 Å². The molecule has 0 atom stereocenters. The van der Waals surface area contributed by atoms with Gasteiger partial charge in [-0.1, -0.05) is 32.4 Å². The molecule has 0 amide bonds. The number of nitrogens with zero attached hydrogens (tertiary/aromatic N) is 1. The lowest BCUT2D eigenvalue weighted by molar-refractivity contribution is -0.384. The molecule has 82 valence electrons. The van der Waals surface area contributed by atoms with Crippen LogP contribution in [0.4, 0.5) is 5.69 Å². The van der Waals surface area contributed by atoms with Gasteiger partial charge in [0, 0.05) is 6.07 Å². The topological polar surface area (TPSA) is 43.1 Å². The fourth-order valence-corrected chi connectivity index (χ4v) is 1.85. The molecule has 0 saturated carbocycles. The van der Waals surface area contributed by atoms with Crippen molar-refractivity contribution in [1.29, 1.82) is 0 Å². The molecular weight excluding hydrogens is 214 g/mol. The average molecular weight is 228 g/mol. The molecule has 0 bridgehead atoms. The molecule has 0 aliphatic carbocycles. The lowest BCUT2D eigenvalue weighted by atomic mass is 9.84. The van der Waals surface area contributed by atoms with E-state index in [2.05, 4.69) is 20.8 Å². The standard InChI is InChI=1S/C11H14ClNO2/c1-7-5-10(13(14)15)9(12)6-8(7)11(2,3)4/h5-6H,1-4H3. The number of halogens is 1. The predicted octanol–water partition coefficient (Wildman–Crippen LogP) is 3.85. The first-order valence-corrected chi connectivity index (χ1v) is 5.06. The SMILES string of the molecule is Cc1cc([N+](=O)[O-])c(Cl)cc1C(C)(C)C. The maximum Gasteiger partial charge on any atom is 0.288 e. The zero-order valence-electron chi connectivity index (χ0n) is 9.30. The molecule has 0 aliphatic rings. The fourth-order valence-electron chi connectivity index (χ4n) is 1.61. The van der Waals surface area contributed by atoms with E-state index in [1.54, 1.807) is 6.07 Å². The highest BCUT2D eigenvalue weighted by molar-refractivity contribution is 6.32. The number of benzene rings is 1. The Labute approximate surface area is 94.2 Å². The van der Waals surface area contributed by atoms with E-state index in [-0.39, 0.29) is 16.1 Å². The molecule has 0 unspecified atom stereocenters. The van der Waals surface area contributed by atoms with Crippen LogP contribution in [-0.4, -0.2) is 4.92 Å². The molecule has 0 saturated heterocycles. The second-order valence-electron chi connectivity index (χ2n) is 4.63. The van der Waals surface area contributed by atoms with Crippen molar-refractivity contribution in [3.05, 3.63) is 38.4 Å². The third-order valence-electron chi connectivity index (χ3n) is 2.30. The third kappa shape index (κ3) is 2.48. The van der Waals surface area contributed by atoms with E-state index in [1.165, 1.54) is 6.07 Å². The smallest absolute Gasteiger partial charge is 0.258 e. The first-order chi connectivity index (χ1) is 6.73. The van der Waals surface area contributed by atoms with Gasteiger partial charge in [-0.3, -0.25) is 10.1 Å². The lowest BCUT2D eigenvalue weighted by Crippen LogP contribution is -2.13. The Bertz CT molecular complexity index is 408. The van der Waals surface area contributed by atoms with Gasteiger partial charge >= 0.3 is 0 Å². The van der Waals surface area contributed by atoms with E-state index in [0.29, 0.717) is 0 Å². The molecule has 1 rings (SSSR count). The van der Waals surface area contributed by atoms with Crippen LogP contribution in [0.5, 0.6) is 0 Å². The number of nitro groups is 1. The van der Waals surface area contributed by atoms with Gasteiger partial charge in [-0.25, -0.2) is 0 Å². The number of rotatable bonds is 1. The van der Waals surface area contributed by atoms with Crippen molar-refractivity contribution in [2.75, 3.05) is 0 Å². The average Bonchev–Trinajstić information content (AvgIpc) is 2.06. The van der Waals surface area contributed by atoms with Crippen molar-refractivity contribution in [1.82, 2.24) is 0 Å². The first-order valence-electron chi connectivity index (χ1n) is 4.68. The van der Waals surface area contributed by atoms with Crippen LogP contribution in [0.25, 0.3) is 0 Å². The molecule has 3 nitrogen and oxygen atoms in total. The Morgan fingerprint density at radius 3 is 2.27 bits per heavy atom. The van der Waals surface area contributed by atoms with Crippen LogP contribution >= 0.6 is 11.6 Å². The molecular formula is C11H14ClNO2. The van der Waals surface area contributed by atoms with Gasteiger partial charge in [-0.05, 0) is 29.5 Å². The summed E-state index contributed by atoms with van der Waals surface area (Å²) in [5.41, 5.74) is 1.86. The highest BCUT2D eigenvalue weighted by atomic mass is 35.5. The van der Waals surface area contributed by atoms with E-state index in [9.17, 15) is 10.1 Å². The second-order valence-corrected chi connectivity index (χ2v) is 5.03. The minimum Gasteiger partial charge on any atom is -0.258 e. The molecule has 0 radical (unpaired) electrons. The van der Waals surface area contributed by atoms with Crippen molar-refractivity contribution in [3.8, 4) is 0 Å². The molecule has 0 aliphatic heterocycles. The summed E-state index contributed by atoms with van der Waals surface area (Å²) >= 11 is 5.86. The number of hydrogen-bond acceptors (Lipinski definition) is 2. The zero-order chi connectivity index (χ0) is 11.8. The van der Waals surface area contributed by atoms with Gasteiger partial charge in [0.1, 0.15) is 5.02 Å². The molecule has 1 aromatic carbocycles. The Morgan fingerprint density at radius 2 is 1.87 bits per heavy atom. The summed E-state index contributed by atoms with van der Waals surface area (Å²) in [4.78, 5) is 10.2. The predicted molar refractivity (Wildman–Crippen MR) is 61.5 cm³/mol. The summed E-state index contributed by atoms with van der Waals surface area (Å²) in [5.74, 6) is 0. The molecule has 0 heterocycles. The summed E-state index contributed by atoms with van der Waals surface area (Å²) in [7, 11) is 0. The lowest BCUT2D eigenvalue weighted by Gasteiger charge is -2.21. The monoisotopic (exact) mass is 227 g/mol. The summed E-state index contributed by atoms with van der Waals surface area (Å²) in [6.07, 6.45) is 0. The molecule has 0 N–H and O–H groups in total. The normalized spacial score (nSPS) is 11.5. The van der Waals surface area contributed by atoms with Crippen LogP contribution in [0, 0.1) is 17.0 Å². The largest absolute Gasteiger partial charge is 0.288 e. The minimum atomic E-state index is -0.457. The van der Waals surface area contributed by atoms with E-state index in [0.717, 1.165) is 11.1 Å². The molecule has 1 aromatic rings. The van der Waals surface area contributed by atoms with Crippen LogP contribution in [0.2, 0.25) is 5.02 Å². The van der Waals surface area contributed by atoms with Gasteiger partial charge in [0.05, 0.1) is 4.92 Å². The molecule has 15 heavy (non-hydrogen) atoms. The van der Waals surface area contributed by atoms with Gasteiger partial charge < -0.3 is 0 Å². The molecule has 0 spiro atoms. The van der Waals surface area contributed by atoms with Crippen LogP contribution in [0.15, 0.2) is 12.1 Å². The van der Waals surface area contributed by atoms with Gasteiger partial charge in [-0.15, -0.1) is 0 Å². The van der Waals surface area contributed by atoms with E-state index in [4.69, 9.17) is 11.6 Å². The van der Waals surface area contributed by atoms with Crippen LogP contribution in [0.1, 0.15) is 31.9 Å². The summed E-state index contributed by atoms with van der Waals surface area (Å²) in [6.45, 7) is 8.02. The molecule has 4 heteroatoms. The summed E-state index contributed by atoms with van der Waals surface area (Å²) < 4.78 is 0. The number of hydrogen-bond donors (Lipinski definition) is 0. The third-order valence-corrected chi connectivity index (χ3v) is 2.60. The van der Waals surface area contributed by atoms with Crippen molar-refractivity contribution in [2.24, 2.45) is 0 Å². The Morgan fingerprint density at radius 1 is 1.33 bits per heavy atom. The maximum atomic E-state index is 10.7. The van der Waals surface area contributed by atoms with Crippen LogP contribution in [0.3, 0.4) is 0 Å². The number of nitro benzene ring substituents is 1. The quantitative estimate of drug-likeness (QED) is 0.540. The maximum absolute atomic E-state index is 10.7. The minimum absolute atomic E-state index is 0.0258. The van der Waals surface area contributed by atoms with Crippen molar-refractivity contribution in [2.45, 2.75) is 33.1 Å². The van der Waals surface area contributed by atoms with Crippen molar-refractivity contribution in [3.63, 3.8) is 0 Å². The first kappa shape index (κ1) is 12.0. The summed E-state index contributed by atoms with van der Waals surface area (Å²) in [5, 5.41) is 10.9. The highest BCUT2D eigenvalue weighted by Gasteiger charge is 2.21. The Kier molecular flexibility index (Phi) is 3.05. The van der Waals surface area contributed by atoms with Crippen LogP contribution in [-0.2, 0) is 5.41 Å². The van der Waals surface area contributed by atoms with Crippen molar-refractivity contribution >= 4 is 17.3 Å². The van der Waals surface area contributed by atoms with E-state index >= 15 is 0 Å². The fraction of sp³-hybridized carbons (Fsp3) is 0.455. The second kappa shape index (κ2) is 3.81. The molecule has 0 fully saturated rings. The van der Waals surface area contributed by atoms with Gasteiger partial charge in [0.25, 0.3) is 5.69 Å². The Hall–Kier alpha value is -1.09. The molecule has 0 aromatic heterocycles. The number of aryl methyl sites for hydroxylation is 1. The van der Waals surface area contributed by atoms with Gasteiger partial charge in [0.2, 0.25) is 0 Å². The van der Waals surface area contributed by atoms with Crippen molar-refractivity contribution < 1.29 is 4.92 Å².